The zero-order valence-electron chi connectivity index (χ0n) is 22.0. The topological polar surface area (TPSA) is 90.1 Å². The minimum Gasteiger partial charge on any atom is -0.390 e. The molecule has 4 aliphatic rings. The Kier molecular flexibility index (Phi) is 4.93. The lowest BCUT2D eigenvalue weighted by Crippen LogP contribution is -2.58. The number of methoxy groups -OCH3 is 1. The number of fused-ring (bicyclic) bond motifs is 5. The van der Waals surface area contributed by atoms with Crippen LogP contribution in [-0.4, -0.2) is 50.4 Å². The summed E-state index contributed by atoms with van der Waals surface area (Å²) in [6.07, 6.45) is 7.69. The molecular weight excluding hydrogens is 404 g/mol. The quantitative estimate of drug-likeness (QED) is 0.743. The Bertz CT molecular complexity index is 952. The highest BCUT2D eigenvalue weighted by atomic mass is 16.5. The molecule has 5 rings (SSSR count). The van der Waals surface area contributed by atoms with Crippen LogP contribution >= 0.6 is 0 Å². The van der Waals surface area contributed by atoms with Crippen LogP contribution in [0, 0.1) is 47.3 Å². The van der Waals surface area contributed by atoms with Crippen LogP contribution in [0.1, 0.15) is 80.2 Å². The molecule has 4 aliphatic carbocycles. The normalized spacial score (nSPS) is 47.1. The first-order valence-electron chi connectivity index (χ1n) is 13.5. The number of aromatic nitrogens is 4. The fraction of sp³-hybridized carbons (Fsp3) is 0.920. The first-order valence-corrected chi connectivity index (χ1v) is 12.5. The molecule has 7 nitrogen and oxygen atoms in total. The van der Waals surface area contributed by atoms with Crippen molar-refractivity contribution in [3.05, 3.63) is 5.82 Å². The zero-order valence-corrected chi connectivity index (χ0v) is 20.0. The SMILES string of the molecule is [2H]C([2H])(OC)[C@]12CC[C@@](C)(O)C[C@H]1CC[C@H]1[C@@H]3CC[C@H](C(=O)Cn4nnnc4C)[C@@]3(C)CC[C@@H]12. The molecule has 0 radical (unpaired) electrons. The van der Waals surface area contributed by atoms with Gasteiger partial charge >= 0.3 is 0 Å². The van der Waals surface area contributed by atoms with Crippen LogP contribution in [0.15, 0.2) is 0 Å². The molecule has 0 aliphatic heterocycles. The van der Waals surface area contributed by atoms with E-state index in [1.54, 1.807) is 4.68 Å². The number of tetrazole rings is 1. The number of nitrogens with zero attached hydrogens (tertiary/aromatic N) is 4. The van der Waals surface area contributed by atoms with Gasteiger partial charge in [0.1, 0.15) is 12.4 Å². The van der Waals surface area contributed by atoms with Crippen molar-refractivity contribution in [1.82, 2.24) is 20.2 Å². The van der Waals surface area contributed by atoms with Crippen molar-refractivity contribution in [1.29, 1.82) is 0 Å². The summed E-state index contributed by atoms with van der Waals surface area (Å²) in [4.78, 5) is 13.4. The molecule has 7 heteroatoms. The summed E-state index contributed by atoms with van der Waals surface area (Å²) in [5.74, 6) is 2.06. The van der Waals surface area contributed by atoms with Crippen molar-refractivity contribution >= 4 is 5.78 Å². The monoisotopic (exact) mass is 446 g/mol. The van der Waals surface area contributed by atoms with Crippen molar-refractivity contribution in [2.24, 2.45) is 40.4 Å². The summed E-state index contributed by atoms with van der Waals surface area (Å²) in [5.41, 5.74) is -1.36. The number of Topliss-reactive ketones (excluding diaryl/α,β-unsaturated/α-hetero) is 1. The maximum Gasteiger partial charge on any atom is 0.158 e. The predicted octanol–water partition coefficient (Wildman–Crippen LogP) is 3.59. The Labute approximate surface area is 194 Å². The Balaban J connectivity index is 1.43. The van der Waals surface area contributed by atoms with Gasteiger partial charge in [0.2, 0.25) is 0 Å². The Morgan fingerprint density at radius 2 is 2.00 bits per heavy atom. The number of aryl methyl sites for hydroxylation is 1. The van der Waals surface area contributed by atoms with Gasteiger partial charge in [-0.25, -0.2) is 4.68 Å². The minimum absolute atomic E-state index is 0.00185. The Morgan fingerprint density at radius 3 is 2.72 bits per heavy atom. The van der Waals surface area contributed by atoms with E-state index < -0.39 is 17.6 Å². The number of ketones is 1. The van der Waals surface area contributed by atoms with Gasteiger partial charge in [-0.05, 0) is 117 Å². The van der Waals surface area contributed by atoms with Gasteiger partial charge in [-0.3, -0.25) is 4.79 Å². The van der Waals surface area contributed by atoms with E-state index in [0.717, 1.165) is 38.5 Å². The van der Waals surface area contributed by atoms with Crippen molar-refractivity contribution in [2.75, 3.05) is 13.7 Å². The molecule has 0 saturated heterocycles. The van der Waals surface area contributed by atoms with Crippen LogP contribution in [0.2, 0.25) is 0 Å². The van der Waals surface area contributed by atoms with Crippen molar-refractivity contribution in [3.63, 3.8) is 0 Å². The smallest absolute Gasteiger partial charge is 0.158 e. The number of hydrogen-bond acceptors (Lipinski definition) is 6. The van der Waals surface area contributed by atoms with Gasteiger partial charge in [-0.1, -0.05) is 6.92 Å². The lowest BCUT2D eigenvalue weighted by Gasteiger charge is -2.62. The van der Waals surface area contributed by atoms with Gasteiger partial charge in [0.15, 0.2) is 5.78 Å². The van der Waals surface area contributed by atoms with Crippen molar-refractivity contribution in [3.8, 4) is 0 Å². The molecule has 32 heavy (non-hydrogen) atoms. The second-order valence-corrected chi connectivity index (χ2v) is 11.7. The van der Waals surface area contributed by atoms with Crippen LogP contribution in [0.25, 0.3) is 0 Å². The van der Waals surface area contributed by atoms with Crippen molar-refractivity contribution in [2.45, 2.75) is 90.7 Å². The maximum atomic E-state index is 13.4. The fourth-order valence-electron chi connectivity index (χ4n) is 8.65. The Hall–Kier alpha value is -1.34. The predicted molar refractivity (Wildman–Crippen MR) is 120 cm³/mol. The van der Waals surface area contributed by atoms with Gasteiger partial charge in [0, 0.05) is 13.0 Å². The molecule has 8 atom stereocenters. The van der Waals surface area contributed by atoms with E-state index in [-0.39, 0.29) is 35.5 Å². The summed E-state index contributed by atoms with van der Waals surface area (Å²) < 4.78 is 25.2. The van der Waals surface area contributed by atoms with Gasteiger partial charge < -0.3 is 9.84 Å². The van der Waals surface area contributed by atoms with E-state index in [0.29, 0.717) is 36.9 Å². The van der Waals surface area contributed by atoms with E-state index in [1.165, 1.54) is 7.11 Å². The minimum atomic E-state index is -1.73. The molecule has 0 amide bonds. The molecule has 178 valence electrons. The van der Waals surface area contributed by atoms with Crippen LogP contribution in [-0.2, 0) is 16.1 Å². The largest absolute Gasteiger partial charge is 0.390 e. The molecule has 1 aromatic rings. The molecule has 0 aromatic carbocycles. The molecule has 1 N–H and O–H groups in total. The Morgan fingerprint density at radius 1 is 1.19 bits per heavy atom. The van der Waals surface area contributed by atoms with Crippen LogP contribution in [0.3, 0.4) is 0 Å². The zero-order chi connectivity index (χ0) is 24.5. The molecule has 0 bridgehead atoms. The summed E-state index contributed by atoms with van der Waals surface area (Å²) in [6.45, 7) is 4.54. The lowest BCUT2D eigenvalue weighted by atomic mass is 9.43. The summed E-state index contributed by atoms with van der Waals surface area (Å²) in [7, 11) is 1.50. The number of ether oxygens (including phenoxy) is 1. The van der Waals surface area contributed by atoms with E-state index in [1.807, 2.05) is 13.8 Å². The molecule has 0 spiro atoms. The van der Waals surface area contributed by atoms with E-state index in [9.17, 15) is 9.90 Å². The highest BCUT2D eigenvalue weighted by Gasteiger charge is 2.63. The molecule has 4 saturated carbocycles. The number of aliphatic hydroxyl groups is 1. The number of rotatable bonds is 5. The second-order valence-electron chi connectivity index (χ2n) is 11.7. The summed E-state index contributed by atoms with van der Waals surface area (Å²) in [5, 5.41) is 22.4. The van der Waals surface area contributed by atoms with Gasteiger partial charge in [-0.15, -0.1) is 5.10 Å². The average Bonchev–Trinajstić information content (AvgIpc) is 3.34. The highest BCUT2D eigenvalue weighted by molar-refractivity contribution is 5.82. The number of carbonyl (C=O) groups excluding carboxylic acids is 1. The first kappa shape index (κ1) is 20.1. The highest BCUT2D eigenvalue weighted by Crippen LogP contribution is 2.68. The first-order chi connectivity index (χ1) is 16.0. The molecule has 1 aromatic heterocycles. The van der Waals surface area contributed by atoms with E-state index in [4.69, 9.17) is 7.48 Å². The lowest BCUT2D eigenvalue weighted by molar-refractivity contribution is -0.175. The van der Waals surface area contributed by atoms with Gasteiger partial charge in [0.25, 0.3) is 0 Å². The average molecular weight is 447 g/mol. The van der Waals surface area contributed by atoms with Gasteiger partial charge in [-0.2, -0.15) is 0 Å². The molecule has 1 heterocycles. The standard InChI is InChI=1S/C25H40N4O3/c1-16-26-27-28-29(16)14-22(30)21-8-7-19-18-6-5-17-13-23(2,31)11-12-25(17,15-32-4)20(18)9-10-24(19,21)3/h17-21,31H,5-15H2,1-4H3/t17-,18+,19+,20+,21-,23-,24+,25-/m1/s1/i15D2. The number of hydrogen-bond donors (Lipinski definition) is 1. The van der Waals surface area contributed by atoms with Crippen LogP contribution in [0.5, 0.6) is 0 Å². The molecule has 0 unspecified atom stereocenters. The maximum absolute atomic E-state index is 13.4. The molecular formula is C25H40N4O3. The second kappa shape index (κ2) is 7.86. The third-order valence-electron chi connectivity index (χ3n) is 10.1. The van der Waals surface area contributed by atoms with E-state index in [2.05, 4.69) is 22.4 Å². The number of carbonyl (C=O) groups is 1. The third-order valence-corrected chi connectivity index (χ3v) is 10.1. The summed E-state index contributed by atoms with van der Waals surface area (Å²) >= 11 is 0. The van der Waals surface area contributed by atoms with Crippen molar-refractivity contribution < 1.29 is 17.4 Å². The molecule has 4 fully saturated rings. The van der Waals surface area contributed by atoms with Crippen LogP contribution < -0.4 is 0 Å². The summed E-state index contributed by atoms with van der Waals surface area (Å²) in [6, 6.07) is 0. The van der Waals surface area contributed by atoms with Gasteiger partial charge in [0.05, 0.1) is 14.9 Å². The van der Waals surface area contributed by atoms with Crippen LogP contribution in [0.4, 0.5) is 0 Å². The third kappa shape index (κ3) is 3.37. The fourth-order valence-corrected chi connectivity index (χ4v) is 8.65. The van der Waals surface area contributed by atoms with E-state index >= 15 is 0 Å².